The Labute approximate surface area is 220 Å². The molecule has 0 aromatic heterocycles. The van der Waals surface area contributed by atoms with Gasteiger partial charge in [0.15, 0.2) is 0 Å². The van der Waals surface area contributed by atoms with Crippen molar-refractivity contribution in [2.75, 3.05) is 13.1 Å². The van der Waals surface area contributed by atoms with Crippen molar-refractivity contribution in [2.45, 2.75) is 32.1 Å². The second-order valence-corrected chi connectivity index (χ2v) is 8.80. The van der Waals surface area contributed by atoms with Gasteiger partial charge in [0.05, 0.1) is 17.2 Å². The van der Waals surface area contributed by atoms with Crippen LogP contribution in [0.3, 0.4) is 0 Å². The van der Waals surface area contributed by atoms with Crippen LogP contribution in [0.2, 0.25) is 0 Å². The van der Waals surface area contributed by atoms with Gasteiger partial charge >= 0.3 is 12.2 Å². The maximum absolute atomic E-state index is 12.8. The normalized spacial score (nSPS) is 13.0. The van der Waals surface area contributed by atoms with Crippen molar-refractivity contribution >= 4 is 24.0 Å². The summed E-state index contributed by atoms with van der Waals surface area (Å²) >= 11 is 0. The van der Waals surface area contributed by atoms with E-state index in [0.29, 0.717) is 24.0 Å². The zero-order chi connectivity index (χ0) is 26.7. The third-order valence-electron chi connectivity index (χ3n) is 6.03. The first kappa shape index (κ1) is 26.4. The minimum atomic E-state index is -0.661. The molecule has 2 N–H and O–H groups in total. The molecule has 1 aliphatic rings. The highest BCUT2D eigenvalue weighted by Gasteiger charge is 2.36. The van der Waals surface area contributed by atoms with E-state index in [4.69, 9.17) is 9.47 Å². The van der Waals surface area contributed by atoms with Crippen molar-refractivity contribution in [3.63, 3.8) is 0 Å². The highest BCUT2D eigenvalue weighted by molar-refractivity contribution is 6.21. The lowest BCUT2D eigenvalue weighted by Crippen LogP contribution is -2.46. The molecule has 3 aromatic rings. The van der Waals surface area contributed by atoms with E-state index in [9.17, 15) is 19.2 Å². The van der Waals surface area contributed by atoms with Crippen molar-refractivity contribution in [3.8, 4) is 0 Å². The molecule has 0 saturated heterocycles. The molecule has 0 saturated carbocycles. The number of nitrogens with zero attached hydrogens (tertiary/aromatic N) is 1. The van der Waals surface area contributed by atoms with Gasteiger partial charge in [0.25, 0.3) is 11.8 Å². The quantitative estimate of drug-likeness (QED) is 0.291. The molecule has 1 heterocycles. The Kier molecular flexibility index (Phi) is 9.07. The average molecular weight is 516 g/mol. The number of hydrogen-bond donors (Lipinski definition) is 2. The van der Waals surface area contributed by atoms with Crippen LogP contribution in [0.25, 0.3) is 0 Å². The molecule has 9 nitrogen and oxygen atoms in total. The fourth-order valence-electron chi connectivity index (χ4n) is 4.08. The smallest absolute Gasteiger partial charge is 0.407 e. The summed E-state index contributed by atoms with van der Waals surface area (Å²) in [5.74, 6) is -0.810. The van der Waals surface area contributed by atoms with Gasteiger partial charge in [-0.25, -0.2) is 9.59 Å². The lowest BCUT2D eigenvalue weighted by Gasteiger charge is -2.23. The predicted molar refractivity (Wildman–Crippen MR) is 139 cm³/mol. The number of ether oxygens (including phenoxy) is 2. The Morgan fingerprint density at radius 2 is 1.21 bits per heavy atom. The van der Waals surface area contributed by atoms with Crippen LogP contribution in [0.1, 0.15) is 44.7 Å². The van der Waals surface area contributed by atoms with Crippen LogP contribution in [0.5, 0.6) is 0 Å². The summed E-state index contributed by atoms with van der Waals surface area (Å²) in [5.41, 5.74) is 2.39. The molecule has 4 amide bonds. The maximum atomic E-state index is 12.8. The van der Waals surface area contributed by atoms with E-state index in [0.717, 1.165) is 16.0 Å². The van der Waals surface area contributed by atoms with E-state index >= 15 is 0 Å². The first-order valence-electron chi connectivity index (χ1n) is 12.4. The van der Waals surface area contributed by atoms with E-state index in [1.54, 1.807) is 24.3 Å². The molecule has 0 fully saturated rings. The summed E-state index contributed by atoms with van der Waals surface area (Å²) in [5, 5.41) is 5.45. The number of benzene rings is 3. The fourth-order valence-corrected chi connectivity index (χ4v) is 4.08. The molecule has 4 rings (SSSR count). The first-order valence-corrected chi connectivity index (χ1v) is 12.4. The van der Waals surface area contributed by atoms with Crippen molar-refractivity contribution in [3.05, 3.63) is 107 Å². The first-order chi connectivity index (χ1) is 18.5. The fraction of sp³-hybridized carbons (Fsp3) is 0.241. The van der Waals surface area contributed by atoms with Crippen LogP contribution >= 0.6 is 0 Å². The number of amides is 4. The molecule has 0 aliphatic carbocycles. The lowest BCUT2D eigenvalue weighted by molar-refractivity contribution is 0.0629. The summed E-state index contributed by atoms with van der Waals surface area (Å²) < 4.78 is 10.5. The van der Waals surface area contributed by atoms with E-state index in [2.05, 4.69) is 10.6 Å². The highest BCUT2D eigenvalue weighted by Crippen LogP contribution is 2.23. The van der Waals surface area contributed by atoms with Gasteiger partial charge in [0, 0.05) is 13.1 Å². The lowest BCUT2D eigenvalue weighted by atomic mass is 10.1. The van der Waals surface area contributed by atoms with Gasteiger partial charge in [-0.3, -0.25) is 14.5 Å². The third kappa shape index (κ3) is 7.19. The second kappa shape index (κ2) is 13.0. The van der Waals surface area contributed by atoms with Crippen LogP contribution in [0, 0.1) is 0 Å². The molecule has 0 bridgehead atoms. The monoisotopic (exact) mass is 515 g/mol. The molecule has 1 atom stereocenters. The largest absolute Gasteiger partial charge is 0.445 e. The number of alkyl carbamates (subject to hydrolysis) is 2. The number of imide groups is 1. The Morgan fingerprint density at radius 3 is 1.76 bits per heavy atom. The minimum absolute atomic E-state index is 0.0226. The zero-order valence-corrected chi connectivity index (χ0v) is 20.8. The molecule has 196 valence electrons. The van der Waals surface area contributed by atoms with Gasteiger partial charge in [0.2, 0.25) is 0 Å². The van der Waals surface area contributed by atoms with Gasteiger partial charge in [-0.05, 0) is 36.1 Å². The standard InChI is InChI=1S/C29H29N3O6/c33-26-24-15-7-8-16-25(24)27(34)32(26)18-23(31-29(36)38-20-22-12-5-2-6-13-22)14-9-17-30-28(35)37-19-21-10-3-1-4-11-21/h1-8,10-13,15-16,23H,9,14,17-20H2,(H,30,35)(H,31,36)/t23-/m0/s1. The number of fused-ring (bicyclic) bond motifs is 1. The molecular weight excluding hydrogens is 486 g/mol. The van der Waals surface area contributed by atoms with Crippen molar-refractivity contribution in [1.29, 1.82) is 0 Å². The molecule has 0 radical (unpaired) electrons. The molecular formula is C29H29N3O6. The third-order valence-corrected chi connectivity index (χ3v) is 6.03. The Bertz CT molecular complexity index is 1230. The van der Waals surface area contributed by atoms with E-state index < -0.39 is 30.0 Å². The van der Waals surface area contributed by atoms with Crippen molar-refractivity contribution in [1.82, 2.24) is 15.5 Å². The molecule has 38 heavy (non-hydrogen) atoms. The topological polar surface area (TPSA) is 114 Å². The SMILES string of the molecule is O=C(NCCC[C@@H](CN1C(=O)c2ccccc2C1=O)NC(=O)OCc1ccccc1)OCc1ccccc1. The summed E-state index contributed by atoms with van der Waals surface area (Å²) in [6, 6.07) is 24.6. The molecule has 0 spiro atoms. The molecule has 1 aliphatic heterocycles. The van der Waals surface area contributed by atoms with Crippen LogP contribution in [0.15, 0.2) is 84.9 Å². The molecule has 3 aromatic carbocycles. The van der Waals surface area contributed by atoms with Crippen LogP contribution in [-0.2, 0) is 22.7 Å². The summed E-state index contributed by atoms with van der Waals surface area (Å²) in [4.78, 5) is 51.4. The van der Waals surface area contributed by atoms with Gasteiger partial charge in [0.1, 0.15) is 13.2 Å². The zero-order valence-electron chi connectivity index (χ0n) is 20.8. The van der Waals surface area contributed by atoms with Gasteiger partial charge in [-0.1, -0.05) is 72.8 Å². The van der Waals surface area contributed by atoms with E-state index in [1.165, 1.54) is 0 Å². The van der Waals surface area contributed by atoms with Crippen molar-refractivity contribution < 1.29 is 28.7 Å². The summed E-state index contributed by atoms with van der Waals surface area (Å²) in [6.45, 7) is 0.503. The summed E-state index contributed by atoms with van der Waals surface area (Å²) in [7, 11) is 0. The van der Waals surface area contributed by atoms with Gasteiger partial charge in [-0.2, -0.15) is 0 Å². The number of rotatable bonds is 11. The number of nitrogens with one attached hydrogen (secondary N) is 2. The second-order valence-electron chi connectivity index (χ2n) is 8.80. The maximum Gasteiger partial charge on any atom is 0.407 e. The Balaban J connectivity index is 1.30. The number of carbonyl (C=O) groups excluding carboxylic acids is 4. The van der Waals surface area contributed by atoms with Crippen molar-refractivity contribution in [2.24, 2.45) is 0 Å². The Morgan fingerprint density at radius 1 is 0.711 bits per heavy atom. The van der Waals surface area contributed by atoms with E-state index in [-0.39, 0.29) is 26.3 Å². The van der Waals surface area contributed by atoms with Crippen LogP contribution in [-0.4, -0.2) is 48.0 Å². The summed E-state index contributed by atoms with van der Waals surface area (Å²) in [6.07, 6.45) is -0.369. The number of carbonyl (C=O) groups is 4. The van der Waals surface area contributed by atoms with Gasteiger partial charge in [-0.15, -0.1) is 0 Å². The van der Waals surface area contributed by atoms with E-state index in [1.807, 2.05) is 60.7 Å². The predicted octanol–water partition coefficient (Wildman–Crippen LogP) is 4.28. The van der Waals surface area contributed by atoms with Crippen LogP contribution < -0.4 is 10.6 Å². The average Bonchev–Trinajstić information content (AvgIpc) is 3.19. The number of hydrogen-bond acceptors (Lipinski definition) is 6. The molecule has 9 heteroatoms. The minimum Gasteiger partial charge on any atom is -0.445 e. The van der Waals surface area contributed by atoms with Crippen LogP contribution in [0.4, 0.5) is 9.59 Å². The van der Waals surface area contributed by atoms with Gasteiger partial charge < -0.3 is 20.1 Å². The highest BCUT2D eigenvalue weighted by atomic mass is 16.6. The molecule has 0 unspecified atom stereocenters. The Hall–Kier alpha value is -4.66.